The molecule has 200 valence electrons. The number of rotatable bonds is 8. The van der Waals surface area contributed by atoms with Gasteiger partial charge in [0.2, 0.25) is 10.4 Å². The molecule has 3 aromatic carbocycles. The van der Waals surface area contributed by atoms with Gasteiger partial charge in [-0.05, 0) is 24.3 Å². The van der Waals surface area contributed by atoms with Gasteiger partial charge >= 0.3 is 59.1 Å². The number of fused-ring (bicyclic) bond motifs is 2. The molecule has 0 saturated carbocycles. The zero-order valence-electron chi connectivity index (χ0n) is 20.9. The summed E-state index contributed by atoms with van der Waals surface area (Å²) in [4.78, 5) is 25.2. The summed E-state index contributed by atoms with van der Waals surface area (Å²) < 4.78 is 96.6. The van der Waals surface area contributed by atoms with E-state index >= 15 is 0 Å². The van der Waals surface area contributed by atoms with E-state index in [1.54, 1.807) is 0 Å². The maximum absolute atomic E-state index is 13.3. The molecule has 0 aliphatic heterocycles. The third-order valence-corrected chi connectivity index (χ3v) is 8.53. The van der Waals surface area contributed by atoms with Gasteiger partial charge in [0, 0.05) is 16.8 Å². The topological polar surface area (TPSA) is 230 Å². The number of hydrogen-bond donors (Lipinski definition) is 2. The van der Waals surface area contributed by atoms with E-state index in [2.05, 4.69) is 9.50 Å². The minimum atomic E-state index is -5.22. The van der Waals surface area contributed by atoms with Gasteiger partial charge in [0.25, 0.3) is 0 Å². The number of carbonyl (C=O) groups excluding carboxylic acids is 2. The van der Waals surface area contributed by atoms with Crippen LogP contribution in [-0.2, 0) is 34.5 Å². The van der Waals surface area contributed by atoms with Gasteiger partial charge in [-0.2, -0.15) is 0 Å². The van der Waals surface area contributed by atoms with E-state index in [4.69, 9.17) is 5.73 Å². The molecular weight excluding hydrogens is 610 g/mol. The molecule has 0 bridgehead atoms. The molecule has 3 aromatic rings. The van der Waals surface area contributed by atoms with Crippen molar-refractivity contribution in [3.05, 3.63) is 76.9 Å². The molecule has 4 rings (SSSR count). The zero-order chi connectivity index (χ0) is 28.0. The summed E-state index contributed by atoms with van der Waals surface area (Å²) >= 11 is 0. The van der Waals surface area contributed by atoms with Crippen LogP contribution >= 0.6 is 0 Å². The predicted octanol–water partition coefficient (Wildman–Crippen LogP) is -5.05. The van der Waals surface area contributed by atoms with Crippen LogP contribution in [0.2, 0.25) is 0 Å². The molecule has 1 aliphatic carbocycles. The molecule has 1 aliphatic rings. The molecule has 0 heterocycles. The first kappa shape index (κ1) is 34.5. The standard InChI is InChI=1S/C22H18N2O11S3.2Na/c23-20-17(37(29,30)31)11-16(18-19(20)22(26)15-7-2-1-6-14(15)21(18)25)24-12-4-3-5-13(10-12)36(27,28)9-8-35-38(32,33)34;;/h1-7,10-11,24H,8-9,23H2,(H,29,30,31)(H,32,33,34);;/q;2*+1/p-2. The Morgan fingerprint density at radius 1 is 0.800 bits per heavy atom. The number of sulfone groups is 1. The van der Waals surface area contributed by atoms with Crippen LogP contribution < -0.4 is 70.2 Å². The van der Waals surface area contributed by atoms with E-state index < -0.39 is 70.4 Å². The summed E-state index contributed by atoms with van der Waals surface area (Å²) in [6.45, 7) is -0.933. The van der Waals surface area contributed by atoms with E-state index in [-0.39, 0.29) is 92.1 Å². The first-order valence-corrected chi connectivity index (χ1v) is 14.8. The molecule has 0 aromatic heterocycles. The molecule has 0 amide bonds. The predicted molar refractivity (Wildman–Crippen MR) is 130 cm³/mol. The third-order valence-electron chi connectivity index (χ3n) is 5.52. The largest absolute Gasteiger partial charge is 1.00 e. The van der Waals surface area contributed by atoms with Gasteiger partial charge in [-0.25, -0.2) is 25.3 Å². The molecule has 18 heteroatoms. The van der Waals surface area contributed by atoms with Gasteiger partial charge in [0.1, 0.15) is 10.1 Å². The number of hydrogen-bond acceptors (Lipinski definition) is 13. The Hall–Kier alpha value is -1.67. The third kappa shape index (κ3) is 7.21. The molecule has 0 radical (unpaired) electrons. The van der Waals surface area contributed by atoms with Crippen LogP contribution in [0.1, 0.15) is 31.8 Å². The molecule has 0 fully saturated rings. The van der Waals surface area contributed by atoms with E-state index in [0.29, 0.717) is 0 Å². The molecule has 0 unspecified atom stereocenters. The Kier molecular flexibility index (Phi) is 10.9. The minimum absolute atomic E-state index is 0. The number of benzene rings is 3. The number of nitrogen functional groups attached to an aromatic ring is 1. The number of ketones is 2. The Balaban J connectivity index is 0.00000280. The number of nitrogens with one attached hydrogen (secondary N) is 1. The van der Waals surface area contributed by atoms with Crippen molar-refractivity contribution < 1.29 is 107 Å². The number of carbonyl (C=O) groups is 2. The van der Waals surface area contributed by atoms with Gasteiger partial charge in [0.05, 0.1) is 44.7 Å². The zero-order valence-corrected chi connectivity index (χ0v) is 27.4. The molecule has 0 spiro atoms. The summed E-state index contributed by atoms with van der Waals surface area (Å²) in [6.07, 6.45) is 0. The van der Waals surface area contributed by atoms with Crippen molar-refractivity contribution in [2.45, 2.75) is 9.79 Å². The Bertz CT molecular complexity index is 1840. The summed E-state index contributed by atoms with van der Waals surface area (Å²) in [7, 11) is -14.5. The fourth-order valence-electron chi connectivity index (χ4n) is 3.89. The fraction of sp³-hybridized carbons (Fsp3) is 0.0909. The molecule has 3 N–H and O–H groups in total. The Morgan fingerprint density at radius 2 is 1.38 bits per heavy atom. The van der Waals surface area contributed by atoms with Crippen LogP contribution in [0.5, 0.6) is 0 Å². The summed E-state index contributed by atoms with van der Waals surface area (Å²) in [5.41, 5.74) is 4.03. The van der Waals surface area contributed by atoms with E-state index in [1.807, 2.05) is 0 Å². The fourth-order valence-corrected chi connectivity index (χ4v) is 6.04. The van der Waals surface area contributed by atoms with Crippen LogP contribution in [0, 0.1) is 0 Å². The van der Waals surface area contributed by atoms with Gasteiger partial charge in [0.15, 0.2) is 21.4 Å². The molecule has 0 atom stereocenters. The van der Waals surface area contributed by atoms with Gasteiger partial charge in [-0.15, -0.1) is 0 Å². The van der Waals surface area contributed by atoms with Gasteiger partial charge in [-0.1, -0.05) is 30.3 Å². The quantitative estimate of drug-likeness (QED) is 0.0808. The smallest absolute Gasteiger partial charge is 0.744 e. The maximum atomic E-state index is 13.3. The summed E-state index contributed by atoms with van der Waals surface area (Å²) in [5.74, 6) is -2.35. The first-order chi connectivity index (χ1) is 17.6. The molecule has 13 nitrogen and oxygen atoms in total. The number of anilines is 3. The van der Waals surface area contributed by atoms with Crippen molar-refractivity contribution in [2.24, 2.45) is 0 Å². The average molecular weight is 627 g/mol. The van der Waals surface area contributed by atoms with E-state index in [0.717, 1.165) is 18.2 Å². The maximum Gasteiger partial charge on any atom is 1.00 e. The van der Waals surface area contributed by atoms with Crippen LogP contribution in [0.15, 0.2) is 64.4 Å². The van der Waals surface area contributed by atoms with Crippen molar-refractivity contribution in [1.82, 2.24) is 0 Å². The second kappa shape index (κ2) is 12.7. The van der Waals surface area contributed by atoms with Crippen LogP contribution in [0.4, 0.5) is 17.1 Å². The normalized spacial score (nSPS) is 12.9. The molecular formula is C22H16N2Na2O11S3. The van der Waals surface area contributed by atoms with Crippen molar-refractivity contribution >= 4 is 59.0 Å². The Labute approximate surface area is 273 Å². The summed E-state index contributed by atoms with van der Waals surface area (Å²) in [6, 6.07) is 11.4. The van der Waals surface area contributed by atoms with Gasteiger partial charge < -0.3 is 20.2 Å². The summed E-state index contributed by atoms with van der Waals surface area (Å²) in [5, 5.41) is 2.67. The molecule has 0 saturated heterocycles. The molecule has 40 heavy (non-hydrogen) atoms. The van der Waals surface area contributed by atoms with Crippen molar-refractivity contribution in [3.63, 3.8) is 0 Å². The van der Waals surface area contributed by atoms with Crippen molar-refractivity contribution in [1.29, 1.82) is 0 Å². The van der Waals surface area contributed by atoms with E-state index in [1.165, 1.54) is 36.4 Å². The second-order valence-electron chi connectivity index (χ2n) is 7.95. The van der Waals surface area contributed by atoms with Crippen LogP contribution in [0.25, 0.3) is 0 Å². The minimum Gasteiger partial charge on any atom is -0.744 e. The monoisotopic (exact) mass is 626 g/mol. The van der Waals surface area contributed by atoms with Crippen LogP contribution in [-0.4, -0.2) is 58.3 Å². The average Bonchev–Trinajstić information content (AvgIpc) is 2.82. The first-order valence-electron chi connectivity index (χ1n) is 10.4. The van der Waals surface area contributed by atoms with Crippen molar-refractivity contribution in [3.8, 4) is 0 Å². The number of nitrogens with two attached hydrogens (primary N) is 1. The van der Waals surface area contributed by atoms with Crippen LogP contribution in [0.3, 0.4) is 0 Å². The second-order valence-corrected chi connectivity index (χ2v) is 12.5. The van der Waals surface area contributed by atoms with Gasteiger partial charge in [-0.3, -0.25) is 13.8 Å². The Morgan fingerprint density at radius 3 is 1.93 bits per heavy atom. The van der Waals surface area contributed by atoms with Crippen molar-refractivity contribution in [2.75, 3.05) is 23.4 Å². The SMILES string of the molecule is Nc1c(S(=O)(=O)[O-])cc(Nc2cccc(S(=O)(=O)CCOS(=O)(=O)[O-])c2)c2c1C(=O)c1ccccc1C2=O.[Na+].[Na+]. The van der Waals surface area contributed by atoms with E-state index in [9.17, 15) is 43.9 Å².